The summed E-state index contributed by atoms with van der Waals surface area (Å²) in [5.74, 6) is -1.19. The molecular weight excluding hydrogens is 604 g/mol. The third-order valence-corrected chi connectivity index (χ3v) is 9.56. The minimum absolute atomic E-state index is 0.0191. The lowest BCUT2D eigenvalue weighted by atomic mass is 10.00. The van der Waals surface area contributed by atoms with Crippen molar-refractivity contribution in [2.75, 3.05) is 18.9 Å². The van der Waals surface area contributed by atoms with E-state index in [-0.39, 0.29) is 18.5 Å². The molecule has 0 aliphatic rings. The van der Waals surface area contributed by atoms with Crippen molar-refractivity contribution < 1.29 is 36.6 Å². The SMILES string of the molecule is C#CCOC(=O)N[C@H](CS(=O)(=O)C(CCC)CCC)C(=O)N[C@@H](Cc1cc(F)cc(F)c1)[C@H](O)CNCc1cccc(CC)c1. The standard InChI is InChI=1S/C33H45F2N3O6S/c1-5-10-28(11-6-2)45(42,43)22-30(38-33(41)44-14-7-3)32(40)37-29(18-25-16-26(34)19-27(35)17-25)31(39)21-36-20-24-13-9-12-23(8-4)15-24/h3,9,12-13,15-17,19,28-31,36,39H,5-6,8,10-11,14,18,20-22H2,1-2,4H3,(H,37,40)(H,38,41)/t29-,30+,31+/m0/s1. The zero-order valence-electron chi connectivity index (χ0n) is 26.2. The van der Waals surface area contributed by atoms with Crippen LogP contribution in [0.5, 0.6) is 0 Å². The summed E-state index contributed by atoms with van der Waals surface area (Å²) in [4.78, 5) is 26.0. The van der Waals surface area contributed by atoms with Crippen molar-refractivity contribution in [3.05, 3.63) is 70.8 Å². The van der Waals surface area contributed by atoms with Crippen molar-refractivity contribution in [1.82, 2.24) is 16.0 Å². The van der Waals surface area contributed by atoms with Crippen LogP contribution in [-0.4, -0.2) is 67.9 Å². The van der Waals surface area contributed by atoms with Gasteiger partial charge in [0.15, 0.2) is 16.4 Å². The largest absolute Gasteiger partial charge is 0.436 e. The molecule has 0 aromatic heterocycles. The first kappa shape index (κ1) is 37.7. The van der Waals surface area contributed by atoms with E-state index < -0.39 is 69.3 Å². The van der Waals surface area contributed by atoms with Gasteiger partial charge < -0.3 is 25.8 Å². The molecule has 248 valence electrons. The summed E-state index contributed by atoms with van der Waals surface area (Å²) in [6.45, 7) is 5.73. The van der Waals surface area contributed by atoms with E-state index in [1.165, 1.54) is 0 Å². The number of terminal acetylenes is 1. The first-order chi connectivity index (χ1) is 21.4. The van der Waals surface area contributed by atoms with E-state index in [4.69, 9.17) is 11.2 Å². The first-order valence-electron chi connectivity index (χ1n) is 15.2. The highest BCUT2D eigenvalue weighted by molar-refractivity contribution is 7.92. The number of aliphatic hydroxyl groups is 1. The highest BCUT2D eigenvalue weighted by atomic mass is 32.2. The second-order valence-corrected chi connectivity index (χ2v) is 13.3. The van der Waals surface area contributed by atoms with Gasteiger partial charge in [0.1, 0.15) is 17.7 Å². The summed E-state index contributed by atoms with van der Waals surface area (Å²) in [5.41, 5.74) is 2.27. The summed E-state index contributed by atoms with van der Waals surface area (Å²) in [5, 5.41) is 18.5. The number of aryl methyl sites for hydroxylation is 1. The average molecular weight is 650 g/mol. The van der Waals surface area contributed by atoms with E-state index in [2.05, 4.69) is 21.9 Å². The van der Waals surface area contributed by atoms with Crippen molar-refractivity contribution in [3.8, 4) is 12.3 Å². The molecule has 0 saturated heterocycles. The fourth-order valence-corrected chi connectivity index (χ4v) is 7.17. The molecule has 2 aromatic carbocycles. The van der Waals surface area contributed by atoms with Gasteiger partial charge in [0.25, 0.3) is 0 Å². The molecular formula is C33H45F2N3O6S. The zero-order chi connectivity index (χ0) is 33.4. The topological polar surface area (TPSA) is 134 Å². The molecule has 2 aromatic rings. The predicted molar refractivity (Wildman–Crippen MR) is 170 cm³/mol. The molecule has 4 N–H and O–H groups in total. The molecule has 3 atom stereocenters. The number of hydrogen-bond acceptors (Lipinski definition) is 7. The molecule has 0 radical (unpaired) electrons. The van der Waals surface area contributed by atoms with Gasteiger partial charge in [-0.2, -0.15) is 0 Å². The molecule has 9 nitrogen and oxygen atoms in total. The number of halogens is 2. The summed E-state index contributed by atoms with van der Waals surface area (Å²) < 4.78 is 59.6. The van der Waals surface area contributed by atoms with Gasteiger partial charge >= 0.3 is 6.09 Å². The highest BCUT2D eigenvalue weighted by Crippen LogP contribution is 2.18. The third-order valence-electron chi connectivity index (χ3n) is 7.28. The fraction of sp³-hybridized carbons (Fsp3) is 0.515. The van der Waals surface area contributed by atoms with Gasteiger partial charge in [-0.25, -0.2) is 22.0 Å². The van der Waals surface area contributed by atoms with Crippen LogP contribution < -0.4 is 16.0 Å². The van der Waals surface area contributed by atoms with Gasteiger partial charge in [0, 0.05) is 19.2 Å². The minimum Gasteiger partial charge on any atom is -0.436 e. The zero-order valence-corrected chi connectivity index (χ0v) is 27.0. The molecule has 0 aliphatic heterocycles. The quantitative estimate of drug-likeness (QED) is 0.170. The number of carbonyl (C=O) groups excluding carboxylic acids is 2. The van der Waals surface area contributed by atoms with Gasteiger partial charge in [-0.1, -0.05) is 63.8 Å². The van der Waals surface area contributed by atoms with E-state index in [9.17, 15) is 31.9 Å². The number of alkyl carbamates (subject to hydrolysis) is 1. The van der Waals surface area contributed by atoms with Crippen LogP contribution >= 0.6 is 0 Å². The van der Waals surface area contributed by atoms with Gasteiger partial charge in [0.05, 0.1) is 23.1 Å². The average Bonchev–Trinajstić information content (AvgIpc) is 2.98. The Morgan fingerprint density at radius 3 is 2.22 bits per heavy atom. The normalized spacial score (nSPS) is 13.5. The maximum atomic E-state index is 14.0. The first-order valence-corrected chi connectivity index (χ1v) is 16.9. The number of sulfone groups is 1. The van der Waals surface area contributed by atoms with E-state index >= 15 is 0 Å². The molecule has 2 rings (SSSR count). The molecule has 0 heterocycles. The van der Waals surface area contributed by atoms with Gasteiger partial charge in [0.2, 0.25) is 5.91 Å². The van der Waals surface area contributed by atoms with Gasteiger partial charge in [-0.15, -0.1) is 6.42 Å². The predicted octanol–water partition coefficient (Wildman–Crippen LogP) is 3.82. The molecule has 45 heavy (non-hydrogen) atoms. The Hall–Kier alpha value is -3.53. The van der Waals surface area contributed by atoms with Crippen LogP contribution in [0.3, 0.4) is 0 Å². The van der Waals surface area contributed by atoms with Crippen LogP contribution in [0.4, 0.5) is 13.6 Å². The monoisotopic (exact) mass is 649 g/mol. The Morgan fingerprint density at radius 2 is 1.62 bits per heavy atom. The van der Waals surface area contributed by atoms with Crippen LogP contribution in [0.15, 0.2) is 42.5 Å². The maximum absolute atomic E-state index is 14.0. The molecule has 0 unspecified atom stereocenters. The van der Waals surface area contributed by atoms with Gasteiger partial charge in [-0.3, -0.25) is 4.79 Å². The highest BCUT2D eigenvalue weighted by Gasteiger charge is 2.34. The van der Waals surface area contributed by atoms with E-state index in [1.807, 2.05) is 45.0 Å². The van der Waals surface area contributed by atoms with Gasteiger partial charge in [-0.05, 0) is 54.5 Å². The third kappa shape index (κ3) is 13.2. The summed E-state index contributed by atoms with van der Waals surface area (Å²) in [6, 6.07) is 8.02. The molecule has 0 spiro atoms. The van der Waals surface area contributed by atoms with E-state index in [0.717, 1.165) is 29.7 Å². The van der Waals surface area contributed by atoms with Crippen molar-refractivity contribution in [2.24, 2.45) is 0 Å². The molecule has 0 saturated carbocycles. The van der Waals surface area contributed by atoms with Crippen LogP contribution in [-0.2, 0) is 38.8 Å². The Labute approximate surface area is 265 Å². The second-order valence-electron chi connectivity index (χ2n) is 11.0. The molecule has 2 amide bonds. The molecule has 0 aliphatic carbocycles. The maximum Gasteiger partial charge on any atom is 0.408 e. The smallest absolute Gasteiger partial charge is 0.408 e. The number of rotatable bonds is 19. The van der Waals surface area contributed by atoms with E-state index in [1.54, 1.807) is 0 Å². The number of amides is 2. The number of nitrogens with one attached hydrogen (secondary N) is 3. The summed E-state index contributed by atoms with van der Waals surface area (Å²) in [6.07, 6.45) is 5.41. The van der Waals surface area contributed by atoms with Crippen LogP contribution in [0.1, 0.15) is 63.1 Å². The van der Waals surface area contributed by atoms with Crippen molar-refractivity contribution in [2.45, 2.75) is 89.3 Å². The number of benzene rings is 2. The second kappa shape index (κ2) is 19.1. The summed E-state index contributed by atoms with van der Waals surface area (Å²) in [7, 11) is -3.88. The Morgan fingerprint density at radius 1 is 0.978 bits per heavy atom. The number of ether oxygens (including phenoxy) is 1. The lowest BCUT2D eigenvalue weighted by molar-refractivity contribution is -0.124. The van der Waals surface area contributed by atoms with Crippen molar-refractivity contribution in [3.63, 3.8) is 0 Å². The molecule has 0 bridgehead atoms. The Kier molecular flexibility index (Phi) is 16.0. The molecule has 12 heteroatoms. The van der Waals surface area contributed by atoms with Crippen molar-refractivity contribution in [1.29, 1.82) is 0 Å². The van der Waals surface area contributed by atoms with Crippen LogP contribution in [0.25, 0.3) is 0 Å². The fourth-order valence-electron chi connectivity index (χ4n) is 5.01. The number of carbonyl (C=O) groups is 2. The lowest BCUT2D eigenvalue weighted by Crippen LogP contribution is -2.57. The lowest BCUT2D eigenvalue weighted by Gasteiger charge is -2.28. The molecule has 0 fully saturated rings. The van der Waals surface area contributed by atoms with E-state index in [0.29, 0.717) is 38.3 Å². The van der Waals surface area contributed by atoms with Crippen molar-refractivity contribution >= 4 is 21.8 Å². The summed E-state index contributed by atoms with van der Waals surface area (Å²) >= 11 is 0. The van der Waals surface area contributed by atoms with Crippen LogP contribution in [0.2, 0.25) is 0 Å². The Balaban J connectivity index is 2.32. The minimum atomic E-state index is -3.88. The number of aliphatic hydroxyl groups excluding tert-OH is 1. The Bertz CT molecular complexity index is 1370. The van der Waals surface area contributed by atoms with Crippen LogP contribution in [0, 0.1) is 24.0 Å². The number of hydrogen-bond donors (Lipinski definition) is 4.